The van der Waals surface area contributed by atoms with Crippen LogP contribution in [0.25, 0.3) is 0 Å². The summed E-state index contributed by atoms with van der Waals surface area (Å²) in [5.41, 5.74) is 0.340. The molecule has 0 aliphatic carbocycles. The van der Waals surface area contributed by atoms with E-state index in [9.17, 15) is 10.2 Å². The van der Waals surface area contributed by atoms with Crippen LogP contribution in [0, 0.1) is 0 Å². The molecule has 0 bridgehead atoms. The fourth-order valence-electron chi connectivity index (χ4n) is 2.05. The fourth-order valence-corrected chi connectivity index (χ4v) is 2.17. The third-order valence-corrected chi connectivity index (χ3v) is 3.57. The lowest BCUT2D eigenvalue weighted by molar-refractivity contribution is 0.104. The molecule has 0 aliphatic rings. The lowest BCUT2D eigenvalue weighted by Gasteiger charge is -2.30. The molecular formula is C14H21ClO3. The Morgan fingerprint density at radius 3 is 2.22 bits per heavy atom. The molecule has 0 aromatic heterocycles. The number of methoxy groups -OCH3 is 1. The predicted molar refractivity (Wildman–Crippen MR) is 73.0 cm³/mol. The number of hydrogen-bond donors (Lipinski definition) is 2. The Morgan fingerprint density at radius 2 is 1.72 bits per heavy atom. The maximum Gasteiger partial charge on any atom is 0.0550 e. The largest absolute Gasteiger partial charge is 0.395 e. The zero-order valence-corrected chi connectivity index (χ0v) is 11.5. The summed E-state index contributed by atoms with van der Waals surface area (Å²) in [7, 11) is 1.67. The Labute approximate surface area is 113 Å². The summed E-state index contributed by atoms with van der Waals surface area (Å²) in [4.78, 5) is 0. The van der Waals surface area contributed by atoms with E-state index in [1.165, 1.54) is 0 Å². The Kier molecular flexibility index (Phi) is 6.65. The van der Waals surface area contributed by atoms with Gasteiger partial charge in [-0.05, 0) is 30.5 Å². The molecule has 1 aromatic rings. The molecular weight excluding hydrogens is 252 g/mol. The number of aliphatic hydroxyl groups is 2. The average molecular weight is 273 g/mol. The first-order valence-corrected chi connectivity index (χ1v) is 6.53. The van der Waals surface area contributed by atoms with Crippen molar-refractivity contribution in [1.82, 2.24) is 0 Å². The van der Waals surface area contributed by atoms with Crippen molar-refractivity contribution >= 4 is 11.6 Å². The zero-order chi connectivity index (χ0) is 13.4. The zero-order valence-electron chi connectivity index (χ0n) is 10.7. The summed E-state index contributed by atoms with van der Waals surface area (Å²) < 4.78 is 5.00. The third kappa shape index (κ3) is 3.95. The number of rotatable bonds is 8. The SMILES string of the molecule is COCCCCC(CO)(CO)c1ccc(Cl)cc1. The summed E-state index contributed by atoms with van der Waals surface area (Å²) in [5, 5.41) is 19.9. The van der Waals surface area contributed by atoms with Crippen molar-refractivity contribution in [3.8, 4) is 0 Å². The maximum atomic E-state index is 9.63. The van der Waals surface area contributed by atoms with Crippen LogP contribution in [0.5, 0.6) is 0 Å². The highest BCUT2D eigenvalue weighted by molar-refractivity contribution is 6.30. The minimum absolute atomic E-state index is 0.0713. The van der Waals surface area contributed by atoms with Crippen molar-refractivity contribution in [1.29, 1.82) is 0 Å². The van der Waals surface area contributed by atoms with Crippen LogP contribution in [0.1, 0.15) is 24.8 Å². The van der Waals surface area contributed by atoms with Crippen LogP contribution in [0.2, 0.25) is 5.02 Å². The molecule has 1 rings (SSSR count). The van der Waals surface area contributed by atoms with Crippen molar-refractivity contribution < 1.29 is 14.9 Å². The summed E-state index contributed by atoms with van der Waals surface area (Å²) in [6.07, 6.45) is 2.55. The first-order chi connectivity index (χ1) is 8.68. The Hall–Kier alpha value is -0.610. The number of unbranched alkanes of at least 4 members (excludes halogenated alkanes) is 1. The van der Waals surface area contributed by atoms with Crippen LogP contribution in [-0.4, -0.2) is 37.1 Å². The van der Waals surface area contributed by atoms with Gasteiger partial charge in [0.25, 0.3) is 0 Å². The van der Waals surface area contributed by atoms with Crippen molar-refractivity contribution in [2.24, 2.45) is 0 Å². The van der Waals surface area contributed by atoms with Gasteiger partial charge in [-0.3, -0.25) is 0 Å². The average Bonchev–Trinajstić information content (AvgIpc) is 2.41. The van der Waals surface area contributed by atoms with Crippen LogP contribution < -0.4 is 0 Å². The molecule has 2 N–H and O–H groups in total. The summed E-state index contributed by atoms with van der Waals surface area (Å²) in [6, 6.07) is 7.30. The van der Waals surface area contributed by atoms with Crippen LogP contribution in [0.4, 0.5) is 0 Å². The van der Waals surface area contributed by atoms with Crippen LogP contribution >= 0.6 is 11.6 Å². The van der Waals surface area contributed by atoms with Crippen LogP contribution in [0.3, 0.4) is 0 Å². The van der Waals surface area contributed by atoms with E-state index in [2.05, 4.69) is 0 Å². The molecule has 102 valence electrons. The fraction of sp³-hybridized carbons (Fsp3) is 0.571. The first-order valence-electron chi connectivity index (χ1n) is 6.15. The predicted octanol–water partition coefficient (Wildman–Crippen LogP) is 2.38. The molecule has 0 saturated carbocycles. The van der Waals surface area contributed by atoms with Gasteiger partial charge in [0.2, 0.25) is 0 Å². The number of hydrogen-bond acceptors (Lipinski definition) is 3. The lowest BCUT2D eigenvalue weighted by atomic mass is 9.78. The molecule has 0 fully saturated rings. The highest BCUT2D eigenvalue weighted by Crippen LogP contribution is 2.30. The molecule has 0 radical (unpaired) electrons. The van der Waals surface area contributed by atoms with Gasteiger partial charge in [-0.15, -0.1) is 0 Å². The first kappa shape index (κ1) is 15.4. The van der Waals surface area contributed by atoms with Gasteiger partial charge in [0, 0.05) is 24.2 Å². The van der Waals surface area contributed by atoms with E-state index in [0.717, 1.165) is 24.8 Å². The molecule has 0 aliphatic heterocycles. The minimum atomic E-state index is -0.585. The Bertz CT molecular complexity index is 333. The van der Waals surface area contributed by atoms with E-state index in [0.29, 0.717) is 11.6 Å². The Morgan fingerprint density at radius 1 is 1.11 bits per heavy atom. The van der Waals surface area contributed by atoms with E-state index >= 15 is 0 Å². The van der Waals surface area contributed by atoms with Gasteiger partial charge in [0.1, 0.15) is 0 Å². The van der Waals surface area contributed by atoms with Gasteiger partial charge in [0.05, 0.1) is 13.2 Å². The van der Waals surface area contributed by atoms with Gasteiger partial charge in [0.15, 0.2) is 0 Å². The number of ether oxygens (including phenoxy) is 1. The van der Waals surface area contributed by atoms with Gasteiger partial charge < -0.3 is 14.9 Å². The summed E-state index contributed by atoms with van der Waals surface area (Å²) in [6.45, 7) is 0.559. The monoisotopic (exact) mass is 272 g/mol. The topological polar surface area (TPSA) is 49.7 Å². The van der Waals surface area contributed by atoms with Crippen molar-refractivity contribution in [3.05, 3.63) is 34.9 Å². The minimum Gasteiger partial charge on any atom is -0.395 e. The maximum absolute atomic E-state index is 9.63. The standard InChI is InChI=1S/C14H21ClO3/c1-18-9-3-2-8-14(10-16,11-17)12-4-6-13(15)7-5-12/h4-7,16-17H,2-3,8-11H2,1H3. The molecule has 0 atom stereocenters. The highest BCUT2D eigenvalue weighted by atomic mass is 35.5. The molecule has 0 spiro atoms. The van der Waals surface area contributed by atoms with E-state index in [4.69, 9.17) is 16.3 Å². The normalized spacial score (nSPS) is 11.8. The summed E-state index contributed by atoms with van der Waals surface area (Å²) in [5.74, 6) is 0. The van der Waals surface area contributed by atoms with Gasteiger partial charge in [-0.1, -0.05) is 30.2 Å². The van der Waals surface area contributed by atoms with Crippen LogP contribution in [0.15, 0.2) is 24.3 Å². The lowest BCUT2D eigenvalue weighted by Crippen LogP contribution is -2.34. The number of aliphatic hydroxyl groups excluding tert-OH is 2. The second-order valence-corrected chi connectivity index (χ2v) is 4.99. The molecule has 18 heavy (non-hydrogen) atoms. The van der Waals surface area contributed by atoms with E-state index < -0.39 is 5.41 Å². The molecule has 0 saturated heterocycles. The smallest absolute Gasteiger partial charge is 0.0550 e. The molecule has 0 amide bonds. The molecule has 4 heteroatoms. The molecule has 1 aromatic carbocycles. The van der Waals surface area contributed by atoms with Crippen molar-refractivity contribution in [2.75, 3.05) is 26.9 Å². The van der Waals surface area contributed by atoms with Gasteiger partial charge in [-0.2, -0.15) is 0 Å². The quantitative estimate of drug-likeness (QED) is 0.715. The molecule has 3 nitrogen and oxygen atoms in total. The number of benzene rings is 1. The van der Waals surface area contributed by atoms with Crippen molar-refractivity contribution in [3.63, 3.8) is 0 Å². The van der Waals surface area contributed by atoms with Gasteiger partial charge >= 0.3 is 0 Å². The second-order valence-electron chi connectivity index (χ2n) is 4.55. The van der Waals surface area contributed by atoms with E-state index in [1.807, 2.05) is 12.1 Å². The molecule has 0 unspecified atom stereocenters. The summed E-state index contributed by atoms with van der Waals surface area (Å²) >= 11 is 5.85. The van der Waals surface area contributed by atoms with Gasteiger partial charge in [-0.25, -0.2) is 0 Å². The number of halogens is 1. The highest BCUT2D eigenvalue weighted by Gasteiger charge is 2.30. The third-order valence-electron chi connectivity index (χ3n) is 3.32. The van der Waals surface area contributed by atoms with E-state index in [1.54, 1.807) is 19.2 Å². The Balaban J connectivity index is 2.75. The molecule has 0 heterocycles. The second kappa shape index (κ2) is 7.74. The van der Waals surface area contributed by atoms with Crippen LogP contribution in [-0.2, 0) is 10.2 Å². The van der Waals surface area contributed by atoms with E-state index in [-0.39, 0.29) is 13.2 Å². The van der Waals surface area contributed by atoms with Crippen molar-refractivity contribution in [2.45, 2.75) is 24.7 Å².